The number of hydrogen-bond acceptors (Lipinski definition) is 3. The van der Waals surface area contributed by atoms with E-state index in [1.54, 1.807) is 12.3 Å². The average Bonchev–Trinajstić information content (AvgIpc) is 3.03. The fourth-order valence-corrected chi connectivity index (χ4v) is 2.50. The Morgan fingerprint density at radius 2 is 1.86 bits per heavy atom. The standard InChI is InChI=1S/C17H12N4O/c22-17(14-7-8-18-16-15(14)19-10-20-16)21-13-6-5-11-3-1-2-4-12(11)9-13/h1-10H,(H,21,22)(H,18,19,20). The number of benzene rings is 2. The topological polar surface area (TPSA) is 70.7 Å². The molecule has 0 radical (unpaired) electrons. The third kappa shape index (κ3) is 2.09. The molecule has 4 rings (SSSR count). The maximum Gasteiger partial charge on any atom is 0.257 e. The number of carbonyl (C=O) groups excluding carboxylic acids is 1. The minimum atomic E-state index is -0.188. The van der Waals surface area contributed by atoms with Gasteiger partial charge in [0.2, 0.25) is 0 Å². The monoisotopic (exact) mass is 288 g/mol. The van der Waals surface area contributed by atoms with Gasteiger partial charge < -0.3 is 10.3 Å². The van der Waals surface area contributed by atoms with Crippen LogP contribution in [0.15, 0.2) is 61.1 Å². The van der Waals surface area contributed by atoms with E-state index in [0.29, 0.717) is 16.7 Å². The van der Waals surface area contributed by atoms with Crippen LogP contribution in [0.3, 0.4) is 0 Å². The maximum atomic E-state index is 12.5. The predicted octanol–water partition coefficient (Wildman–Crippen LogP) is 3.36. The fourth-order valence-electron chi connectivity index (χ4n) is 2.50. The molecule has 2 aromatic heterocycles. The molecule has 0 aliphatic heterocycles. The molecule has 0 fully saturated rings. The first-order valence-corrected chi connectivity index (χ1v) is 6.89. The summed E-state index contributed by atoms with van der Waals surface area (Å²) in [5.41, 5.74) is 2.45. The Hall–Kier alpha value is -3.21. The number of aromatic nitrogens is 3. The van der Waals surface area contributed by atoms with Gasteiger partial charge in [0.15, 0.2) is 5.65 Å². The van der Waals surface area contributed by atoms with E-state index in [1.165, 1.54) is 6.33 Å². The number of amides is 1. The van der Waals surface area contributed by atoms with Crippen LogP contribution in [0.5, 0.6) is 0 Å². The molecule has 0 bridgehead atoms. The summed E-state index contributed by atoms with van der Waals surface area (Å²) in [6.45, 7) is 0. The molecule has 2 heterocycles. The number of carbonyl (C=O) groups is 1. The van der Waals surface area contributed by atoms with E-state index in [9.17, 15) is 4.79 Å². The Morgan fingerprint density at radius 1 is 1.00 bits per heavy atom. The molecule has 2 N–H and O–H groups in total. The van der Waals surface area contributed by atoms with Crippen molar-refractivity contribution in [2.45, 2.75) is 0 Å². The summed E-state index contributed by atoms with van der Waals surface area (Å²) in [6, 6.07) is 15.5. The van der Waals surface area contributed by atoms with Crippen molar-refractivity contribution < 1.29 is 4.79 Å². The van der Waals surface area contributed by atoms with Crippen LogP contribution in [0.25, 0.3) is 21.9 Å². The number of H-pyrrole nitrogens is 1. The van der Waals surface area contributed by atoms with Crippen molar-refractivity contribution in [3.05, 3.63) is 66.6 Å². The third-order valence-corrected chi connectivity index (χ3v) is 3.58. The number of imidazole rings is 1. The third-order valence-electron chi connectivity index (χ3n) is 3.58. The molecule has 106 valence electrons. The summed E-state index contributed by atoms with van der Waals surface area (Å²) >= 11 is 0. The van der Waals surface area contributed by atoms with Gasteiger partial charge in [-0.3, -0.25) is 4.79 Å². The number of pyridine rings is 1. The van der Waals surface area contributed by atoms with Gasteiger partial charge in [-0.05, 0) is 29.0 Å². The molecular weight excluding hydrogens is 276 g/mol. The smallest absolute Gasteiger partial charge is 0.257 e. The highest BCUT2D eigenvalue weighted by molar-refractivity contribution is 6.11. The van der Waals surface area contributed by atoms with Gasteiger partial charge in [0.25, 0.3) is 5.91 Å². The van der Waals surface area contributed by atoms with E-state index >= 15 is 0 Å². The van der Waals surface area contributed by atoms with Gasteiger partial charge in [-0.15, -0.1) is 0 Å². The summed E-state index contributed by atoms with van der Waals surface area (Å²) in [4.78, 5) is 23.6. The molecule has 0 atom stereocenters. The van der Waals surface area contributed by atoms with E-state index in [-0.39, 0.29) is 5.91 Å². The Kier molecular flexibility index (Phi) is 2.83. The quantitative estimate of drug-likeness (QED) is 0.594. The largest absolute Gasteiger partial charge is 0.343 e. The highest BCUT2D eigenvalue weighted by Crippen LogP contribution is 2.20. The van der Waals surface area contributed by atoms with Crippen LogP contribution in [-0.2, 0) is 0 Å². The first-order valence-electron chi connectivity index (χ1n) is 6.89. The molecule has 0 saturated carbocycles. The van der Waals surface area contributed by atoms with Crippen LogP contribution in [-0.4, -0.2) is 20.9 Å². The van der Waals surface area contributed by atoms with E-state index in [4.69, 9.17) is 0 Å². The average molecular weight is 288 g/mol. The number of hydrogen-bond donors (Lipinski definition) is 2. The molecule has 0 aliphatic rings. The Labute approximate surface area is 126 Å². The van der Waals surface area contributed by atoms with Gasteiger partial charge in [0, 0.05) is 11.9 Å². The summed E-state index contributed by atoms with van der Waals surface area (Å²) in [5, 5.41) is 5.14. The highest BCUT2D eigenvalue weighted by Gasteiger charge is 2.12. The van der Waals surface area contributed by atoms with Crippen molar-refractivity contribution in [2.75, 3.05) is 5.32 Å². The van der Waals surface area contributed by atoms with Crippen LogP contribution in [0.1, 0.15) is 10.4 Å². The number of rotatable bonds is 2. The van der Waals surface area contributed by atoms with Crippen molar-refractivity contribution in [3.63, 3.8) is 0 Å². The number of anilines is 1. The van der Waals surface area contributed by atoms with Gasteiger partial charge in [0.05, 0.1) is 17.4 Å². The lowest BCUT2D eigenvalue weighted by Gasteiger charge is -2.07. The minimum absolute atomic E-state index is 0.188. The van der Waals surface area contributed by atoms with Gasteiger partial charge in [-0.2, -0.15) is 0 Å². The molecule has 2 aromatic carbocycles. The number of nitrogens with one attached hydrogen (secondary N) is 2. The normalized spacial score (nSPS) is 10.9. The molecule has 5 nitrogen and oxygen atoms in total. The summed E-state index contributed by atoms with van der Waals surface area (Å²) < 4.78 is 0. The number of fused-ring (bicyclic) bond motifs is 2. The first-order chi connectivity index (χ1) is 10.8. The molecule has 22 heavy (non-hydrogen) atoms. The van der Waals surface area contributed by atoms with Crippen LogP contribution in [0, 0.1) is 0 Å². The lowest BCUT2D eigenvalue weighted by Crippen LogP contribution is -2.12. The second-order valence-corrected chi connectivity index (χ2v) is 4.98. The maximum absolute atomic E-state index is 12.5. The van der Waals surface area contributed by atoms with Gasteiger partial charge in [-0.25, -0.2) is 9.97 Å². The minimum Gasteiger partial charge on any atom is -0.343 e. The zero-order valence-corrected chi connectivity index (χ0v) is 11.6. The molecule has 0 saturated heterocycles. The predicted molar refractivity (Wildman–Crippen MR) is 85.8 cm³/mol. The molecule has 1 amide bonds. The molecule has 5 heteroatoms. The van der Waals surface area contributed by atoms with E-state index in [2.05, 4.69) is 20.3 Å². The van der Waals surface area contributed by atoms with Gasteiger partial charge in [-0.1, -0.05) is 30.3 Å². The molecule has 0 unspecified atom stereocenters. The Morgan fingerprint density at radius 3 is 2.77 bits per heavy atom. The summed E-state index contributed by atoms with van der Waals surface area (Å²) in [5.74, 6) is -0.188. The van der Waals surface area contributed by atoms with Gasteiger partial charge in [0.1, 0.15) is 0 Å². The van der Waals surface area contributed by atoms with Crippen molar-refractivity contribution in [1.29, 1.82) is 0 Å². The van der Waals surface area contributed by atoms with Crippen molar-refractivity contribution in [1.82, 2.24) is 15.0 Å². The summed E-state index contributed by atoms with van der Waals surface area (Å²) in [7, 11) is 0. The van der Waals surface area contributed by atoms with Crippen molar-refractivity contribution in [2.24, 2.45) is 0 Å². The van der Waals surface area contributed by atoms with E-state index < -0.39 is 0 Å². The zero-order chi connectivity index (χ0) is 14.9. The fraction of sp³-hybridized carbons (Fsp3) is 0. The zero-order valence-electron chi connectivity index (χ0n) is 11.6. The van der Waals surface area contributed by atoms with Crippen molar-refractivity contribution in [3.8, 4) is 0 Å². The van der Waals surface area contributed by atoms with Gasteiger partial charge >= 0.3 is 0 Å². The lowest BCUT2D eigenvalue weighted by atomic mass is 10.1. The SMILES string of the molecule is O=C(Nc1ccc2ccccc2c1)c1ccnc2nc[nH]c12. The van der Waals surface area contributed by atoms with Crippen LogP contribution >= 0.6 is 0 Å². The van der Waals surface area contributed by atoms with Crippen LogP contribution in [0.2, 0.25) is 0 Å². The Bertz CT molecular complexity index is 990. The number of aromatic amines is 1. The molecule has 4 aromatic rings. The Balaban J connectivity index is 1.69. The molecule has 0 aliphatic carbocycles. The lowest BCUT2D eigenvalue weighted by molar-refractivity contribution is 0.102. The highest BCUT2D eigenvalue weighted by atomic mass is 16.1. The van der Waals surface area contributed by atoms with E-state index in [0.717, 1.165) is 16.5 Å². The van der Waals surface area contributed by atoms with Crippen LogP contribution in [0.4, 0.5) is 5.69 Å². The van der Waals surface area contributed by atoms with Crippen molar-refractivity contribution >= 4 is 33.5 Å². The summed E-state index contributed by atoms with van der Waals surface area (Å²) in [6.07, 6.45) is 3.11. The molecular formula is C17H12N4O. The van der Waals surface area contributed by atoms with Crippen LogP contribution < -0.4 is 5.32 Å². The second-order valence-electron chi connectivity index (χ2n) is 4.98. The second kappa shape index (κ2) is 4.96. The number of nitrogens with zero attached hydrogens (tertiary/aromatic N) is 2. The molecule has 0 spiro atoms. The van der Waals surface area contributed by atoms with E-state index in [1.807, 2.05) is 42.5 Å². The first kappa shape index (κ1) is 12.5.